The molecule has 0 aliphatic rings. The molecular formula is C14H22N4O. The zero-order valence-electron chi connectivity index (χ0n) is 12.0. The van der Waals surface area contributed by atoms with Crippen molar-refractivity contribution >= 4 is 11.5 Å². The van der Waals surface area contributed by atoms with Crippen LogP contribution in [0.25, 0.3) is 5.65 Å². The molecule has 0 aliphatic carbocycles. The van der Waals surface area contributed by atoms with Gasteiger partial charge in [-0.3, -0.25) is 0 Å². The third-order valence-electron chi connectivity index (χ3n) is 3.31. The molecule has 1 atom stereocenters. The molecule has 0 bridgehead atoms. The van der Waals surface area contributed by atoms with Gasteiger partial charge in [0.05, 0.1) is 0 Å². The average Bonchev–Trinajstić information content (AvgIpc) is 2.74. The van der Waals surface area contributed by atoms with Crippen LogP contribution in [-0.2, 0) is 0 Å². The van der Waals surface area contributed by atoms with E-state index in [-0.39, 0.29) is 18.1 Å². The Hall–Kier alpha value is -1.62. The highest BCUT2D eigenvalue weighted by atomic mass is 16.3. The van der Waals surface area contributed by atoms with E-state index in [0.29, 0.717) is 6.42 Å². The second kappa shape index (κ2) is 5.17. The number of aliphatic hydroxyl groups is 1. The summed E-state index contributed by atoms with van der Waals surface area (Å²) in [5.41, 5.74) is 2.03. The highest BCUT2D eigenvalue weighted by Crippen LogP contribution is 2.26. The number of pyridine rings is 1. The third-order valence-corrected chi connectivity index (χ3v) is 3.31. The van der Waals surface area contributed by atoms with Crippen LogP contribution in [0.2, 0.25) is 0 Å². The van der Waals surface area contributed by atoms with E-state index in [0.717, 1.165) is 17.0 Å². The first-order valence-electron chi connectivity index (χ1n) is 6.59. The number of rotatable bonds is 4. The van der Waals surface area contributed by atoms with E-state index in [9.17, 15) is 5.11 Å². The van der Waals surface area contributed by atoms with Crippen molar-refractivity contribution in [2.75, 3.05) is 11.9 Å². The number of hydrogen-bond donors (Lipinski definition) is 2. The summed E-state index contributed by atoms with van der Waals surface area (Å²) in [6, 6.07) is 4.22. The van der Waals surface area contributed by atoms with Crippen LogP contribution >= 0.6 is 0 Å². The van der Waals surface area contributed by atoms with Crippen molar-refractivity contribution in [3.8, 4) is 0 Å². The van der Waals surface area contributed by atoms with Gasteiger partial charge in [-0.1, -0.05) is 20.8 Å². The molecule has 1 unspecified atom stereocenters. The minimum Gasteiger partial charge on any atom is -0.396 e. The van der Waals surface area contributed by atoms with Crippen molar-refractivity contribution in [1.29, 1.82) is 0 Å². The van der Waals surface area contributed by atoms with E-state index in [1.54, 1.807) is 10.8 Å². The van der Waals surface area contributed by atoms with Crippen molar-refractivity contribution in [1.82, 2.24) is 14.6 Å². The van der Waals surface area contributed by atoms with Gasteiger partial charge in [0, 0.05) is 12.6 Å². The summed E-state index contributed by atoms with van der Waals surface area (Å²) in [6.45, 7) is 8.69. The molecule has 0 spiro atoms. The second-order valence-corrected chi connectivity index (χ2v) is 6.02. The maximum Gasteiger partial charge on any atom is 0.157 e. The van der Waals surface area contributed by atoms with Crippen LogP contribution in [0.4, 0.5) is 5.82 Å². The molecule has 0 saturated carbocycles. The standard InChI is InChI=1S/C14H22N4O/c1-10-7-12-15-9-16-18(12)13(8-10)17-11(5-6-19)14(2,3)4/h7-9,11,17,19H,5-6H2,1-4H3. The van der Waals surface area contributed by atoms with Gasteiger partial charge in [-0.25, -0.2) is 4.98 Å². The van der Waals surface area contributed by atoms with Crippen molar-refractivity contribution in [3.63, 3.8) is 0 Å². The summed E-state index contributed by atoms with van der Waals surface area (Å²) in [5.74, 6) is 0.917. The Morgan fingerprint density at radius 2 is 2.11 bits per heavy atom. The lowest BCUT2D eigenvalue weighted by Crippen LogP contribution is -2.35. The summed E-state index contributed by atoms with van der Waals surface area (Å²) in [5, 5.41) is 17.0. The summed E-state index contributed by atoms with van der Waals surface area (Å²) >= 11 is 0. The van der Waals surface area contributed by atoms with Gasteiger partial charge in [0.15, 0.2) is 5.65 Å². The normalized spacial score (nSPS) is 13.7. The smallest absolute Gasteiger partial charge is 0.157 e. The van der Waals surface area contributed by atoms with Gasteiger partial charge < -0.3 is 10.4 Å². The SMILES string of the molecule is Cc1cc(NC(CCO)C(C)(C)C)n2ncnc2c1. The van der Waals surface area contributed by atoms with Gasteiger partial charge in [0.2, 0.25) is 0 Å². The van der Waals surface area contributed by atoms with E-state index in [1.165, 1.54) is 0 Å². The minimum absolute atomic E-state index is 0.0549. The maximum absolute atomic E-state index is 9.23. The molecule has 0 saturated heterocycles. The fraction of sp³-hybridized carbons (Fsp3) is 0.571. The van der Waals surface area contributed by atoms with Crippen LogP contribution in [0.15, 0.2) is 18.5 Å². The van der Waals surface area contributed by atoms with Gasteiger partial charge in [-0.15, -0.1) is 0 Å². The molecule has 2 heterocycles. The summed E-state index contributed by atoms with van der Waals surface area (Å²) in [6.07, 6.45) is 2.26. The van der Waals surface area contributed by atoms with Crippen molar-refractivity contribution in [2.45, 2.75) is 40.2 Å². The molecule has 2 rings (SSSR count). The first kappa shape index (κ1) is 13.8. The van der Waals surface area contributed by atoms with Crippen molar-refractivity contribution in [3.05, 3.63) is 24.0 Å². The lowest BCUT2D eigenvalue weighted by molar-refractivity contribution is 0.235. The Kier molecular flexibility index (Phi) is 3.75. The summed E-state index contributed by atoms with van der Waals surface area (Å²) in [4.78, 5) is 4.22. The molecule has 2 N–H and O–H groups in total. The first-order chi connectivity index (χ1) is 8.91. The van der Waals surface area contributed by atoms with Gasteiger partial charge in [0.25, 0.3) is 0 Å². The van der Waals surface area contributed by atoms with Gasteiger partial charge in [-0.05, 0) is 36.5 Å². The number of fused-ring (bicyclic) bond motifs is 1. The molecule has 19 heavy (non-hydrogen) atoms. The maximum atomic E-state index is 9.23. The highest BCUT2D eigenvalue weighted by molar-refractivity contribution is 5.51. The Bertz CT molecular complexity index is 556. The molecule has 0 aromatic carbocycles. The quantitative estimate of drug-likeness (QED) is 0.887. The number of anilines is 1. The fourth-order valence-corrected chi connectivity index (χ4v) is 2.19. The predicted octanol–water partition coefficient (Wildman–Crippen LogP) is 2.25. The average molecular weight is 262 g/mol. The van der Waals surface area contributed by atoms with Crippen LogP contribution < -0.4 is 5.32 Å². The topological polar surface area (TPSA) is 62.5 Å². The summed E-state index contributed by atoms with van der Waals surface area (Å²) in [7, 11) is 0. The van der Waals surface area contributed by atoms with Gasteiger partial charge in [0.1, 0.15) is 12.1 Å². The van der Waals surface area contributed by atoms with Crippen molar-refractivity contribution < 1.29 is 5.11 Å². The number of aromatic nitrogens is 3. The number of hydrogen-bond acceptors (Lipinski definition) is 4. The number of nitrogens with zero attached hydrogens (tertiary/aromatic N) is 3. The Labute approximate surface area is 113 Å². The van der Waals surface area contributed by atoms with Crippen LogP contribution in [0.1, 0.15) is 32.8 Å². The van der Waals surface area contributed by atoms with E-state index in [2.05, 4.69) is 42.2 Å². The van der Waals surface area contributed by atoms with Gasteiger partial charge >= 0.3 is 0 Å². The number of aliphatic hydroxyl groups excluding tert-OH is 1. The molecular weight excluding hydrogens is 240 g/mol. The van der Waals surface area contributed by atoms with Gasteiger partial charge in [-0.2, -0.15) is 9.61 Å². The zero-order valence-corrected chi connectivity index (χ0v) is 12.0. The number of aryl methyl sites for hydroxylation is 1. The van der Waals surface area contributed by atoms with Crippen LogP contribution in [0.5, 0.6) is 0 Å². The minimum atomic E-state index is 0.0549. The molecule has 104 valence electrons. The lowest BCUT2D eigenvalue weighted by Gasteiger charge is -2.32. The van der Waals surface area contributed by atoms with E-state index < -0.39 is 0 Å². The second-order valence-electron chi connectivity index (χ2n) is 6.02. The predicted molar refractivity (Wildman–Crippen MR) is 76.3 cm³/mol. The zero-order chi connectivity index (χ0) is 14.0. The first-order valence-corrected chi connectivity index (χ1v) is 6.59. The molecule has 0 amide bonds. The third kappa shape index (κ3) is 3.04. The van der Waals surface area contributed by atoms with Crippen LogP contribution in [-0.4, -0.2) is 32.4 Å². The van der Waals surface area contributed by atoms with Crippen LogP contribution in [0.3, 0.4) is 0 Å². The Balaban J connectivity index is 2.35. The van der Waals surface area contributed by atoms with E-state index >= 15 is 0 Å². The van der Waals surface area contributed by atoms with Crippen molar-refractivity contribution in [2.24, 2.45) is 5.41 Å². The molecule has 5 nitrogen and oxygen atoms in total. The molecule has 0 fully saturated rings. The Morgan fingerprint density at radius 1 is 1.37 bits per heavy atom. The highest BCUT2D eigenvalue weighted by Gasteiger charge is 2.24. The summed E-state index contributed by atoms with van der Waals surface area (Å²) < 4.78 is 1.79. The Morgan fingerprint density at radius 3 is 2.74 bits per heavy atom. The molecule has 2 aromatic rings. The molecule has 2 aromatic heterocycles. The number of nitrogens with one attached hydrogen (secondary N) is 1. The van der Waals surface area contributed by atoms with E-state index in [4.69, 9.17) is 0 Å². The monoisotopic (exact) mass is 262 g/mol. The fourth-order valence-electron chi connectivity index (χ4n) is 2.19. The largest absolute Gasteiger partial charge is 0.396 e. The van der Waals surface area contributed by atoms with E-state index in [1.807, 2.05) is 13.0 Å². The lowest BCUT2D eigenvalue weighted by atomic mass is 9.85. The molecule has 0 aliphatic heterocycles. The van der Waals surface area contributed by atoms with Crippen LogP contribution in [0, 0.1) is 12.3 Å². The molecule has 5 heteroatoms. The molecule has 0 radical (unpaired) electrons.